The first-order valence-electron chi connectivity index (χ1n) is 23.9. The summed E-state index contributed by atoms with van der Waals surface area (Å²) < 4.78 is 95.2. The molecule has 0 saturated carbocycles. The number of esters is 1. The lowest BCUT2D eigenvalue weighted by atomic mass is 10.1. The molecule has 10 nitrogen and oxygen atoms in total. The van der Waals surface area contributed by atoms with Gasteiger partial charge in [0.1, 0.15) is 23.1 Å². The third-order valence-corrected chi connectivity index (χ3v) is 12.2. The van der Waals surface area contributed by atoms with Gasteiger partial charge in [-0.3, -0.25) is 0 Å². The Labute approximate surface area is 441 Å². The lowest BCUT2D eigenvalue weighted by molar-refractivity contribution is -0.158. The molecule has 394 valence electrons. The molecular weight excluding hydrogens is 1040 g/mol. The number of anilines is 2. The van der Waals surface area contributed by atoms with E-state index in [4.69, 9.17) is 14.2 Å². The number of nitrogens with zero attached hydrogens (tertiary/aromatic N) is 4. The van der Waals surface area contributed by atoms with Crippen LogP contribution in [0, 0.1) is 0 Å². The Balaban J connectivity index is 0.000000245. The van der Waals surface area contributed by atoms with Crippen LogP contribution in [0.25, 0.3) is 11.1 Å². The molecule has 0 aliphatic carbocycles. The zero-order valence-electron chi connectivity index (χ0n) is 42.0. The van der Waals surface area contributed by atoms with Gasteiger partial charge >= 0.3 is 24.3 Å². The van der Waals surface area contributed by atoms with E-state index in [0.717, 1.165) is 62.1 Å². The number of carbonyl (C=O) groups excluding carboxylic acids is 1. The number of aliphatic carboxylic acids is 1. The summed E-state index contributed by atoms with van der Waals surface area (Å²) in [4.78, 5) is 36.6. The molecule has 2 aromatic heterocycles. The Morgan fingerprint density at radius 1 is 0.533 bits per heavy atom. The van der Waals surface area contributed by atoms with Crippen LogP contribution < -0.4 is 19.3 Å². The van der Waals surface area contributed by atoms with Crippen LogP contribution in [0.15, 0.2) is 169 Å². The highest BCUT2D eigenvalue weighted by Gasteiger charge is 2.33. The number of carbonyl (C=O) groups is 2. The second-order valence-electron chi connectivity index (χ2n) is 18.4. The predicted octanol–water partition coefficient (Wildman–Crippen LogP) is 14.1. The van der Waals surface area contributed by atoms with Gasteiger partial charge < -0.3 is 29.1 Å². The van der Waals surface area contributed by atoms with Crippen LogP contribution in [0.4, 0.5) is 38.0 Å². The molecule has 5 aromatic carbocycles. The van der Waals surface area contributed by atoms with Gasteiger partial charge in [0.15, 0.2) is 11.2 Å². The fourth-order valence-electron chi connectivity index (χ4n) is 7.47. The maximum absolute atomic E-state index is 13.0. The molecule has 7 aromatic rings. The summed E-state index contributed by atoms with van der Waals surface area (Å²) in [5.41, 5.74) is 1.70. The van der Waals surface area contributed by atoms with Crippen molar-refractivity contribution in [3.05, 3.63) is 202 Å². The number of alkyl halides is 6. The fraction of sp³-hybridized carbons (Fsp3) is 0.276. The van der Waals surface area contributed by atoms with Crippen molar-refractivity contribution in [2.75, 3.05) is 29.5 Å². The van der Waals surface area contributed by atoms with Crippen LogP contribution in [-0.4, -0.2) is 57.9 Å². The van der Waals surface area contributed by atoms with Crippen molar-refractivity contribution in [1.29, 1.82) is 0 Å². The number of pyridine rings is 2. The average Bonchev–Trinajstić information content (AvgIpc) is 3.38. The average molecular weight is 1100 g/mol. The summed E-state index contributed by atoms with van der Waals surface area (Å²) in [5.74, 6) is 0.928. The minimum absolute atomic E-state index is 0.279. The second-order valence-corrected chi connectivity index (χ2v) is 19.3. The Hall–Kier alpha value is -7.40. The maximum Gasteiger partial charge on any atom is 0.416 e. The molecule has 0 saturated heterocycles. The second kappa shape index (κ2) is 25.2. The molecule has 0 radical (unpaired) electrons. The van der Waals surface area contributed by atoms with Crippen molar-refractivity contribution in [2.45, 2.75) is 84.1 Å². The van der Waals surface area contributed by atoms with E-state index in [0.29, 0.717) is 62.2 Å². The molecule has 7 rings (SSSR count). The maximum atomic E-state index is 13.0. The van der Waals surface area contributed by atoms with Gasteiger partial charge in [0.2, 0.25) is 0 Å². The first-order chi connectivity index (χ1) is 35.5. The number of benzene rings is 5. The number of hydrogen-bond donors (Lipinski definition) is 1. The Kier molecular flexibility index (Phi) is 19.1. The molecule has 2 heterocycles. The Morgan fingerprint density at radius 3 is 1.35 bits per heavy atom. The third-order valence-electron chi connectivity index (χ3n) is 11.7. The summed E-state index contributed by atoms with van der Waals surface area (Å²) in [5, 5.41) is 9.28. The smallest absolute Gasteiger partial charge is 0.416 e. The van der Waals surface area contributed by atoms with E-state index in [-0.39, 0.29) is 6.61 Å². The molecule has 0 fully saturated rings. The molecule has 0 amide bonds. The zero-order valence-corrected chi connectivity index (χ0v) is 43.5. The van der Waals surface area contributed by atoms with Crippen molar-refractivity contribution >= 4 is 39.5 Å². The molecule has 0 spiro atoms. The highest BCUT2D eigenvalue weighted by atomic mass is 79.9. The summed E-state index contributed by atoms with van der Waals surface area (Å²) in [6.07, 6.45) is -3.98. The SMILES string of the molecule is CC(C)(Oc1ccc(CCN(Cc2ccc(C(F)(F)F)cc2)c2ccc(-c3ccccc3)cn2)cc1)C(=O)O.CCOC(=O)C(C)(C)Oc1ccc(CCN(Cc2ccc(C(F)(F)F)cc2)c2ccc(Br)cn2)cc1. The molecule has 1 N–H and O–H groups in total. The monoisotopic (exact) mass is 1100 g/mol. The van der Waals surface area contributed by atoms with Gasteiger partial charge in [-0.05, 0) is 164 Å². The van der Waals surface area contributed by atoms with Gasteiger partial charge in [-0.25, -0.2) is 19.6 Å². The molecule has 0 atom stereocenters. The van der Waals surface area contributed by atoms with Crippen LogP contribution >= 0.6 is 15.9 Å². The summed E-state index contributed by atoms with van der Waals surface area (Å²) >= 11 is 3.38. The molecule has 0 aliphatic rings. The largest absolute Gasteiger partial charge is 0.478 e. The number of carboxylic acids is 1. The van der Waals surface area contributed by atoms with E-state index in [1.807, 2.05) is 88.7 Å². The summed E-state index contributed by atoms with van der Waals surface area (Å²) in [6, 6.07) is 42.5. The minimum atomic E-state index is -4.39. The standard InChI is InChI=1S/C31H29F3N2O3.C27H28BrF3N2O3/c1-30(2,29(37)38)39-27-15-10-22(11-16-27)18-19-36(21-23-8-13-26(14-9-23)31(32,33)34)28-17-12-25(20-35-28)24-6-4-3-5-7-24;1-4-35-25(34)26(2,3)36-23-12-7-19(8-13-23)15-16-33(24-14-11-22(28)17-32-24)18-20-5-9-21(10-6-20)27(29,30)31/h3-17,20H,18-19,21H2,1-2H3,(H,37,38);5-14,17H,4,15-16,18H2,1-3H3. The van der Waals surface area contributed by atoms with Crippen LogP contribution in [0.3, 0.4) is 0 Å². The van der Waals surface area contributed by atoms with E-state index in [9.17, 15) is 41.0 Å². The molecule has 0 aliphatic heterocycles. The molecule has 75 heavy (non-hydrogen) atoms. The lowest BCUT2D eigenvalue weighted by Crippen LogP contribution is -2.39. The first kappa shape index (κ1) is 56.9. The quantitative estimate of drug-likeness (QED) is 0.0584. The predicted molar refractivity (Wildman–Crippen MR) is 281 cm³/mol. The van der Waals surface area contributed by atoms with Crippen LogP contribution in [0.2, 0.25) is 0 Å². The number of rotatable bonds is 20. The van der Waals surface area contributed by atoms with Crippen molar-refractivity contribution in [1.82, 2.24) is 9.97 Å². The van der Waals surface area contributed by atoms with Crippen molar-refractivity contribution in [2.24, 2.45) is 0 Å². The number of ether oxygens (including phenoxy) is 3. The molecule has 0 unspecified atom stereocenters. The molecule has 17 heteroatoms. The highest BCUT2D eigenvalue weighted by Crippen LogP contribution is 2.32. The van der Waals surface area contributed by atoms with Gasteiger partial charge in [0.05, 0.1) is 17.7 Å². The fourth-order valence-corrected chi connectivity index (χ4v) is 7.71. The number of halogens is 7. The van der Waals surface area contributed by atoms with Crippen molar-refractivity contribution < 1.29 is 55.2 Å². The van der Waals surface area contributed by atoms with Gasteiger partial charge in [-0.15, -0.1) is 0 Å². The molecule has 0 bridgehead atoms. The number of carboxylic acid groups (broad SMARTS) is 1. The Bertz CT molecular complexity index is 2900. The van der Waals surface area contributed by atoms with Crippen molar-refractivity contribution in [3.63, 3.8) is 0 Å². The van der Waals surface area contributed by atoms with E-state index < -0.39 is 46.6 Å². The zero-order chi connectivity index (χ0) is 54.4. The van der Waals surface area contributed by atoms with Crippen LogP contribution in [0.5, 0.6) is 11.5 Å². The van der Waals surface area contributed by atoms with E-state index in [2.05, 4.69) is 25.9 Å². The van der Waals surface area contributed by atoms with Gasteiger partial charge in [0.25, 0.3) is 0 Å². The van der Waals surface area contributed by atoms with E-state index in [1.165, 1.54) is 38.1 Å². The third kappa shape index (κ3) is 17.1. The number of hydrogen-bond acceptors (Lipinski definition) is 9. The van der Waals surface area contributed by atoms with Gasteiger partial charge in [0, 0.05) is 48.6 Å². The summed E-state index contributed by atoms with van der Waals surface area (Å²) in [6.45, 7) is 10.2. The van der Waals surface area contributed by atoms with Crippen molar-refractivity contribution in [3.8, 4) is 22.6 Å². The van der Waals surface area contributed by atoms with Gasteiger partial charge in [-0.2, -0.15) is 26.3 Å². The van der Waals surface area contributed by atoms with E-state index in [1.54, 1.807) is 57.4 Å². The topological polar surface area (TPSA) is 114 Å². The normalized spacial score (nSPS) is 11.7. The van der Waals surface area contributed by atoms with E-state index >= 15 is 0 Å². The first-order valence-corrected chi connectivity index (χ1v) is 24.7. The highest BCUT2D eigenvalue weighted by molar-refractivity contribution is 9.10. The van der Waals surface area contributed by atoms with Crippen LogP contribution in [0.1, 0.15) is 68.0 Å². The molecular formula is C58H57BrF6N4O6. The van der Waals surface area contributed by atoms with Crippen LogP contribution in [-0.2, 0) is 52.6 Å². The number of aromatic nitrogens is 2. The summed E-state index contributed by atoms with van der Waals surface area (Å²) in [7, 11) is 0. The lowest BCUT2D eigenvalue weighted by Gasteiger charge is -2.25. The van der Waals surface area contributed by atoms with Gasteiger partial charge in [-0.1, -0.05) is 78.9 Å². The minimum Gasteiger partial charge on any atom is -0.478 e. The Morgan fingerprint density at radius 2 is 0.960 bits per heavy atom.